The highest BCUT2D eigenvalue weighted by molar-refractivity contribution is 7.92. The molecule has 0 amide bonds. The molecule has 2 aromatic heterocycles. The van der Waals surface area contributed by atoms with Gasteiger partial charge in [-0.25, -0.2) is 17.9 Å². The topological polar surface area (TPSA) is 138 Å². The lowest BCUT2D eigenvalue weighted by Gasteiger charge is -2.04. The van der Waals surface area contributed by atoms with Gasteiger partial charge < -0.3 is 14.6 Å². The minimum atomic E-state index is -4.01. The Morgan fingerprint density at radius 3 is 2.45 bits per heavy atom. The molecule has 0 aliphatic heterocycles. The molecule has 0 aromatic carbocycles. The molecule has 0 spiro atoms. The SMILES string of the molecule is Cc1noc(NS(=O)(=O)c2c(C)[nH]c(C(=O)O)c2C)n1. The average Bonchev–Trinajstić information content (AvgIpc) is 2.82. The molecule has 3 N–H and O–H groups in total. The number of aromatic amines is 1. The lowest BCUT2D eigenvalue weighted by atomic mass is 10.2. The van der Waals surface area contributed by atoms with Gasteiger partial charge in [0.05, 0.1) is 0 Å². The molecule has 2 heterocycles. The van der Waals surface area contributed by atoms with E-state index in [1.807, 2.05) is 0 Å². The van der Waals surface area contributed by atoms with Crippen LogP contribution in [0.2, 0.25) is 0 Å². The predicted octanol–water partition coefficient (Wildman–Crippen LogP) is 0.822. The van der Waals surface area contributed by atoms with Crippen molar-refractivity contribution in [2.24, 2.45) is 0 Å². The number of carboxylic acids is 1. The van der Waals surface area contributed by atoms with Crippen LogP contribution in [0, 0.1) is 20.8 Å². The first kappa shape index (κ1) is 14.1. The smallest absolute Gasteiger partial charge is 0.352 e. The average molecular weight is 300 g/mol. The molecule has 0 saturated heterocycles. The van der Waals surface area contributed by atoms with Crippen molar-refractivity contribution in [2.45, 2.75) is 25.7 Å². The number of nitrogens with zero attached hydrogens (tertiary/aromatic N) is 2. The molecule has 108 valence electrons. The van der Waals surface area contributed by atoms with E-state index < -0.39 is 16.0 Å². The summed E-state index contributed by atoms with van der Waals surface area (Å²) >= 11 is 0. The monoisotopic (exact) mass is 300 g/mol. The van der Waals surface area contributed by atoms with Crippen LogP contribution in [0.25, 0.3) is 0 Å². The number of carboxylic acid groups (broad SMARTS) is 1. The number of nitrogens with one attached hydrogen (secondary N) is 2. The zero-order chi connectivity index (χ0) is 15.1. The fraction of sp³-hybridized carbons (Fsp3) is 0.300. The quantitative estimate of drug-likeness (QED) is 0.759. The third-order valence-corrected chi connectivity index (χ3v) is 4.19. The highest BCUT2D eigenvalue weighted by Crippen LogP contribution is 2.25. The van der Waals surface area contributed by atoms with Crippen LogP contribution in [-0.2, 0) is 10.0 Å². The predicted molar refractivity (Wildman–Crippen MR) is 67.1 cm³/mol. The van der Waals surface area contributed by atoms with E-state index in [4.69, 9.17) is 5.11 Å². The summed E-state index contributed by atoms with van der Waals surface area (Å²) in [5.74, 6) is -0.961. The summed E-state index contributed by atoms with van der Waals surface area (Å²) < 4.78 is 31.3. The first-order chi connectivity index (χ1) is 9.22. The molecular weight excluding hydrogens is 288 g/mol. The van der Waals surface area contributed by atoms with Gasteiger partial charge in [-0.2, -0.15) is 4.98 Å². The molecule has 9 nitrogen and oxygen atoms in total. The van der Waals surface area contributed by atoms with Crippen LogP contribution in [0.1, 0.15) is 27.6 Å². The van der Waals surface area contributed by atoms with Gasteiger partial charge in [0.2, 0.25) is 0 Å². The third kappa shape index (κ3) is 2.37. The Labute approximate surface area is 114 Å². The largest absolute Gasteiger partial charge is 0.477 e. The van der Waals surface area contributed by atoms with E-state index in [1.54, 1.807) is 0 Å². The van der Waals surface area contributed by atoms with Crippen LogP contribution in [0.3, 0.4) is 0 Å². The van der Waals surface area contributed by atoms with Crippen LogP contribution in [-0.4, -0.2) is 34.6 Å². The summed E-state index contributed by atoms with van der Waals surface area (Å²) in [5, 5.41) is 12.4. The molecule has 0 saturated carbocycles. The van der Waals surface area contributed by atoms with Crippen LogP contribution >= 0.6 is 0 Å². The normalized spacial score (nSPS) is 11.6. The van der Waals surface area contributed by atoms with Crippen molar-refractivity contribution in [3.63, 3.8) is 0 Å². The Morgan fingerprint density at radius 2 is 2.00 bits per heavy atom. The number of H-pyrrole nitrogens is 1. The number of hydrogen-bond acceptors (Lipinski definition) is 6. The number of aromatic nitrogens is 3. The number of carbonyl (C=O) groups is 1. The van der Waals surface area contributed by atoms with Crippen molar-refractivity contribution < 1.29 is 22.8 Å². The van der Waals surface area contributed by atoms with Gasteiger partial charge in [-0.1, -0.05) is 5.16 Å². The molecule has 0 atom stereocenters. The number of aromatic carboxylic acids is 1. The van der Waals surface area contributed by atoms with Crippen molar-refractivity contribution in [3.05, 3.63) is 22.8 Å². The second kappa shape index (κ2) is 4.63. The van der Waals surface area contributed by atoms with Crippen LogP contribution in [0.5, 0.6) is 0 Å². The Bertz CT molecular complexity index is 774. The Kier molecular flexibility index (Phi) is 3.26. The van der Waals surface area contributed by atoms with E-state index in [-0.39, 0.29) is 33.7 Å². The molecule has 0 bridgehead atoms. The van der Waals surface area contributed by atoms with Crippen molar-refractivity contribution in [2.75, 3.05) is 4.72 Å². The molecular formula is C10H12N4O5S. The van der Waals surface area contributed by atoms with E-state index in [2.05, 4.69) is 24.4 Å². The van der Waals surface area contributed by atoms with Gasteiger partial charge in [-0.05, 0) is 20.8 Å². The Hall–Kier alpha value is -2.36. The highest BCUT2D eigenvalue weighted by atomic mass is 32.2. The molecule has 0 fully saturated rings. The maximum Gasteiger partial charge on any atom is 0.352 e. The van der Waals surface area contributed by atoms with E-state index in [0.29, 0.717) is 0 Å². The van der Waals surface area contributed by atoms with E-state index in [9.17, 15) is 13.2 Å². The van der Waals surface area contributed by atoms with Gasteiger partial charge in [0.25, 0.3) is 10.0 Å². The summed E-state index contributed by atoms with van der Waals surface area (Å²) in [6.07, 6.45) is 0. The maximum absolute atomic E-state index is 12.2. The molecule has 2 aromatic rings. The molecule has 0 aliphatic rings. The number of sulfonamides is 1. The third-order valence-electron chi connectivity index (χ3n) is 2.60. The summed E-state index contributed by atoms with van der Waals surface area (Å²) in [6, 6.07) is -0.278. The summed E-state index contributed by atoms with van der Waals surface area (Å²) in [6.45, 7) is 4.41. The maximum atomic E-state index is 12.2. The highest BCUT2D eigenvalue weighted by Gasteiger charge is 2.27. The fourth-order valence-electron chi connectivity index (χ4n) is 1.85. The number of rotatable bonds is 4. The molecule has 0 unspecified atom stereocenters. The van der Waals surface area contributed by atoms with Gasteiger partial charge in [0, 0.05) is 11.3 Å². The van der Waals surface area contributed by atoms with Crippen LogP contribution in [0.15, 0.2) is 9.42 Å². The molecule has 0 aliphatic carbocycles. The van der Waals surface area contributed by atoms with Gasteiger partial charge in [-0.3, -0.25) is 0 Å². The lowest BCUT2D eigenvalue weighted by molar-refractivity contribution is 0.0690. The van der Waals surface area contributed by atoms with E-state index in [1.165, 1.54) is 20.8 Å². The minimum Gasteiger partial charge on any atom is -0.477 e. The zero-order valence-corrected chi connectivity index (χ0v) is 11.7. The zero-order valence-electron chi connectivity index (χ0n) is 10.9. The van der Waals surface area contributed by atoms with Crippen LogP contribution < -0.4 is 4.72 Å². The summed E-state index contributed by atoms with van der Waals surface area (Å²) in [4.78, 5) is 17.1. The lowest BCUT2D eigenvalue weighted by Crippen LogP contribution is -2.15. The van der Waals surface area contributed by atoms with Crippen LogP contribution in [0.4, 0.5) is 6.01 Å². The second-order valence-electron chi connectivity index (χ2n) is 4.14. The molecule has 10 heteroatoms. The number of aryl methyl sites for hydroxylation is 2. The molecule has 0 radical (unpaired) electrons. The van der Waals surface area contributed by atoms with Gasteiger partial charge in [0.1, 0.15) is 10.6 Å². The number of anilines is 1. The van der Waals surface area contributed by atoms with E-state index >= 15 is 0 Å². The fourth-order valence-corrected chi connectivity index (χ4v) is 3.23. The summed E-state index contributed by atoms with van der Waals surface area (Å²) in [7, 11) is -4.01. The van der Waals surface area contributed by atoms with Crippen molar-refractivity contribution in [3.8, 4) is 0 Å². The molecule has 20 heavy (non-hydrogen) atoms. The van der Waals surface area contributed by atoms with Gasteiger partial charge >= 0.3 is 12.0 Å². The minimum absolute atomic E-state index is 0.110. The van der Waals surface area contributed by atoms with Crippen molar-refractivity contribution in [1.82, 2.24) is 15.1 Å². The second-order valence-corrected chi connectivity index (χ2v) is 5.76. The first-order valence-electron chi connectivity index (χ1n) is 5.48. The van der Waals surface area contributed by atoms with Gasteiger partial charge in [0.15, 0.2) is 5.82 Å². The Balaban J connectivity index is 2.47. The summed E-state index contributed by atoms with van der Waals surface area (Å²) in [5.41, 5.74) is 0.145. The van der Waals surface area contributed by atoms with Crippen molar-refractivity contribution >= 4 is 22.0 Å². The molecule has 2 rings (SSSR count). The Morgan fingerprint density at radius 1 is 1.35 bits per heavy atom. The first-order valence-corrected chi connectivity index (χ1v) is 6.96. The van der Waals surface area contributed by atoms with Crippen molar-refractivity contribution in [1.29, 1.82) is 0 Å². The van der Waals surface area contributed by atoms with Gasteiger partial charge in [-0.15, -0.1) is 0 Å². The van der Waals surface area contributed by atoms with E-state index in [0.717, 1.165) is 0 Å². The standard InChI is InChI=1S/C10H12N4O5S/c1-4-7(9(15)16)11-5(2)8(4)20(17,18)14-10-12-6(3)13-19-10/h11H,1-3H3,(H,15,16)(H,12,13,14). The number of hydrogen-bond donors (Lipinski definition) is 3.